The van der Waals surface area contributed by atoms with Gasteiger partial charge >= 0.3 is 11.9 Å². The number of carboxylic acids is 2. The van der Waals surface area contributed by atoms with E-state index >= 15 is 0 Å². The molecule has 0 aliphatic rings. The standard InChI is InChI=1S/C31H53N9O10/c1-18(41)17-19(12-14-26(44)45)29(49)39-20(13-15-27(46)47)23(42)9-3-5-11-25(43)38-22(7-2-4-10-24(32)33)30(50)40-21(28(34)48)8-6-16-37-31(35)36/h19-22H,2-17H2,1H3,(H3,32,33)(H2,34,48)(H,38,43)(H,39,49)(H,40,50)(H,44,45)(H,46,47)(H4,35,36,37). The summed E-state index contributed by atoms with van der Waals surface area (Å²) < 4.78 is 0. The molecule has 0 spiro atoms. The quantitative estimate of drug-likeness (QED) is 0.0251. The number of aliphatic carboxylic acids is 2. The fourth-order valence-electron chi connectivity index (χ4n) is 4.86. The smallest absolute Gasteiger partial charge is 0.303 e. The maximum absolute atomic E-state index is 13.1. The molecule has 19 nitrogen and oxygen atoms in total. The van der Waals surface area contributed by atoms with Gasteiger partial charge < -0.3 is 53.9 Å². The predicted octanol–water partition coefficient (Wildman–Crippen LogP) is -1.07. The van der Waals surface area contributed by atoms with Gasteiger partial charge in [-0.2, -0.15) is 0 Å². The lowest BCUT2D eigenvalue weighted by atomic mass is 9.94. The van der Waals surface area contributed by atoms with Gasteiger partial charge in [0.1, 0.15) is 17.9 Å². The molecular formula is C31H53N9O10. The van der Waals surface area contributed by atoms with E-state index in [2.05, 4.69) is 20.9 Å². The summed E-state index contributed by atoms with van der Waals surface area (Å²) in [5.74, 6) is -7.08. The lowest BCUT2D eigenvalue weighted by molar-refractivity contribution is -0.140. The second kappa shape index (κ2) is 25.0. The third-order valence-electron chi connectivity index (χ3n) is 7.49. The third kappa shape index (κ3) is 22.5. The molecule has 0 aromatic carbocycles. The first kappa shape index (κ1) is 44.9. The summed E-state index contributed by atoms with van der Waals surface area (Å²) in [5, 5.41) is 33.1. The summed E-state index contributed by atoms with van der Waals surface area (Å²) in [6, 6.07) is -3.30. The Kier molecular flexibility index (Phi) is 22.4. The van der Waals surface area contributed by atoms with Crippen LogP contribution in [0.2, 0.25) is 0 Å². The molecule has 4 unspecified atom stereocenters. The molecule has 0 saturated carbocycles. The molecule has 50 heavy (non-hydrogen) atoms. The molecule has 0 aromatic heterocycles. The van der Waals surface area contributed by atoms with Crippen LogP contribution in [-0.4, -0.2) is 93.8 Å². The van der Waals surface area contributed by atoms with Gasteiger partial charge in [-0.1, -0.05) is 6.42 Å². The number of hydrogen-bond donors (Lipinski definition) is 10. The predicted molar refractivity (Wildman–Crippen MR) is 181 cm³/mol. The number of ketones is 2. The average Bonchev–Trinajstić information content (AvgIpc) is 3.01. The largest absolute Gasteiger partial charge is 0.481 e. The number of nitrogens with two attached hydrogens (primary N) is 4. The molecule has 0 saturated heterocycles. The van der Waals surface area contributed by atoms with Crippen LogP contribution in [0.5, 0.6) is 0 Å². The number of primary amides is 1. The van der Waals surface area contributed by atoms with Gasteiger partial charge in [-0.3, -0.25) is 44.0 Å². The Bertz CT molecular complexity index is 1240. The van der Waals surface area contributed by atoms with E-state index < -0.39 is 71.8 Å². The first-order valence-corrected chi connectivity index (χ1v) is 16.5. The Hall–Kier alpha value is -5.10. The van der Waals surface area contributed by atoms with Gasteiger partial charge in [0.15, 0.2) is 11.7 Å². The summed E-state index contributed by atoms with van der Waals surface area (Å²) in [5.41, 5.74) is 21.4. The van der Waals surface area contributed by atoms with E-state index in [0.29, 0.717) is 25.7 Å². The van der Waals surface area contributed by atoms with Crippen molar-refractivity contribution >= 4 is 58.9 Å². The van der Waals surface area contributed by atoms with Crippen LogP contribution >= 0.6 is 0 Å². The van der Waals surface area contributed by atoms with E-state index in [0.717, 1.165) is 0 Å². The average molecular weight is 712 g/mol. The van der Waals surface area contributed by atoms with Gasteiger partial charge in [0, 0.05) is 51.0 Å². The van der Waals surface area contributed by atoms with Crippen molar-refractivity contribution in [2.45, 2.75) is 121 Å². The summed E-state index contributed by atoms with van der Waals surface area (Å²) in [6.45, 7) is 1.44. The van der Waals surface area contributed by atoms with E-state index in [1.165, 1.54) is 6.92 Å². The molecule has 0 rings (SSSR count). The van der Waals surface area contributed by atoms with Crippen molar-refractivity contribution in [2.24, 2.45) is 33.8 Å². The number of amides is 4. The normalized spacial score (nSPS) is 13.1. The number of carboxylic acid groups (broad SMARTS) is 2. The lowest BCUT2D eigenvalue weighted by Crippen LogP contribution is -2.53. The van der Waals surface area contributed by atoms with Crippen LogP contribution in [-0.2, 0) is 38.4 Å². The zero-order valence-electron chi connectivity index (χ0n) is 28.5. The van der Waals surface area contributed by atoms with Gasteiger partial charge in [0.25, 0.3) is 0 Å². The maximum Gasteiger partial charge on any atom is 0.303 e. The van der Waals surface area contributed by atoms with Crippen LogP contribution in [0.15, 0.2) is 4.99 Å². The number of hydrogen-bond acceptors (Lipinski definition) is 10. The number of guanidine groups is 1. The Morgan fingerprint density at radius 2 is 1.20 bits per heavy atom. The zero-order valence-corrected chi connectivity index (χ0v) is 28.5. The minimum absolute atomic E-state index is 0.0296. The molecule has 0 aliphatic heterocycles. The molecule has 14 N–H and O–H groups in total. The Morgan fingerprint density at radius 3 is 1.76 bits per heavy atom. The Labute approximate surface area is 290 Å². The molecular weight excluding hydrogens is 658 g/mol. The molecule has 0 radical (unpaired) electrons. The lowest BCUT2D eigenvalue weighted by Gasteiger charge is -2.22. The summed E-state index contributed by atoms with van der Waals surface area (Å²) in [4.78, 5) is 101. The molecule has 19 heteroatoms. The second-order valence-electron chi connectivity index (χ2n) is 12.0. The van der Waals surface area contributed by atoms with Crippen molar-refractivity contribution in [2.75, 3.05) is 6.54 Å². The van der Waals surface area contributed by atoms with Crippen LogP contribution in [0.4, 0.5) is 0 Å². The van der Waals surface area contributed by atoms with Crippen molar-refractivity contribution in [3.63, 3.8) is 0 Å². The van der Waals surface area contributed by atoms with Crippen LogP contribution in [0, 0.1) is 11.3 Å². The van der Waals surface area contributed by atoms with Crippen molar-refractivity contribution in [3.05, 3.63) is 0 Å². The maximum atomic E-state index is 13.1. The highest BCUT2D eigenvalue weighted by molar-refractivity contribution is 5.93. The van der Waals surface area contributed by atoms with Crippen molar-refractivity contribution in [1.82, 2.24) is 16.0 Å². The van der Waals surface area contributed by atoms with Crippen LogP contribution in [0.3, 0.4) is 0 Å². The van der Waals surface area contributed by atoms with Gasteiger partial charge in [0.05, 0.1) is 11.9 Å². The second-order valence-corrected chi connectivity index (χ2v) is 12.0. The van der Waals surface area contributed by atoms with E-state index in [1.54, 1.807) is 0 Å². The molecule has 4 atom stereocenters. The van der Waals surface area contributed by atoms with E-state index in [-0.39, 0.29) is 88.3 Å². The minimum Gasteiger partial charge on any atom is -0.481 e. The van der Waals surface area contributed by atoms with Gasteiger partial charge in [-0.25, -0.2) is 0 Å². The highest BCUT2D eigenvalue weighted by Gasteiger charge is 2.28. The topological polar surface area (TPSA) is 353 Å². The third-order valence-corrected chi connectivity index (χ3v) is 7.49. The van der Waals surface area contributed by atoms with Crippen LogP contribution in [0.1, 0.15) is 103 Å². The first-order valence-electron chi connectivity index (χ1n) is 16.5. The van der Waals surface area contributed by atoms with E-state index in [4.69, 9.17) is 38.6 Å². The summed E-state index contributed by atoms with van der Waals surface area (Å²) in [6.07, 6.45) is 0.556. The van der Waals surface area contributed by atoms with Crippen molar-refractivity contribution in [3.8, 4) is 0 Å². The van der Waals surface area contributed by atoms with Crippen molar-refractivity contribution in [1.29, 1.82) is 5.41 Å². The van der Waals surface area contributed by atoms with E-state index in [9.17, 15) is 38.4 Å². The monoisotopic (exact) mass is 711 g/mol. The summed E-state index contributed by atoms with van der Waals surface area (Å²) in [7, 11) is 0. The summed E-state index contributed by atoms with van der Waals surface area (Å²) >= 11 is 0. The van der Waals surface area contributed by atoms with Gasteiger partial charge in [-0.15, -0.1) is 0 Å². The fourth-order valence-corrected chi connectivity index (χ4v) is 4.86. The van der Waals surface area contributed by atoms with Crippen molar-refractivity contribution < 1.29 is 48.6 Å². The number of nitrogens with zero attached hydrogens (tertiary/aromatic N) is 1. The van der Waals surface area contributed by atoms with Crippen LogP contribution < -0.4 is 38.9 Å². The first-order chi connectivity index (χ1) is 23.4. The molecule has 282 valence electrons. The molecule has 0 aromatic rings. The number of amidine groups is 1. The zero-order chi connectivity index (χ0) is 38.2. The van der Waals surface area contributed by atoms with Crippen LogP contribution in [0.25, 0.3) is 0 Å². The molecule has 0 fully saturated rings. The SMILES string of the molecule is CC(=O)CC(CCC(=O)O)C(=O)NC(CCC(=O)O)C(=O)CCCCC(=O)NC(CCCCC(=N)N)C(=O)NC(CCCN=C(N)N)C(N)=O. The van der Waals surface area contributed by atoms with Gasteiger partial charge in [-0.05, 0) is 58.3 Å². The number of rotatable bonds is 29. The molecule has 0 heterocycles. The highest BCUT2D eigenvalue weighted by Crippen LogP contribution is 2.15. The minimum atomic E-state index is -1.20. The molecule has 4 amide bonds. The number of aliphatic imine (C=N–C) groups is 1. The number of unbranched alkanes of at least 4 members (excludes halogenated alkanes) is 2. The van der Waals surface area contributed by atoms with Gasteiger partial charge in [0.2, 0.25) is 23.6 Å². The fraction of sp³-hybridized carbons (Fsp3) is 0.677. The number of Topliss-reactive ketones (excluding diaryl/α,β-unsaturated/α-hetero) is 2. The number of carbonyl (C=O) groups excluding carboxylic acids is 6. The number of carbonyl (C=O) groups is 8. The highest BCUT2D eigenvalue weighted by atomic mass is 16.4. The molecule has 0 aliphatic carbocycles. The Balaban J connectivity index is 5.35. The van der Waals surface area contributed by atoms with E-state index in [1.807, 2.05) is 0 Å². The molecule has 0 bridgehead atoms. The number of nitrogens with one attached hydrogen (secondary N) is 4. The Morgan fingerprint density at radius 1 is 0.640 bits per heavy atom.